The molecule has 5 heteroatoms. The Bertz CT molecular complexity index is 499. The molecule has 0 unspecified atom stereocenters. The predicted octanol–water partition coefficient (Wildman–Crippen LogP) is 2.24. The zero-order chi connectivity index (χ0) is 12.8. The van der Waals surface area contributed by atoms with E-state index in [9.17, 15) is 0 Å². The van der Waals surface area contributed by atoms with E-state index in [4.69, 9.17) is 17.3 Å². The Labute approximate surface area is 111 Å². The lowest BCUT2D eigenvalue weighted by Gasteiger charge is -2.07. The predicted molar refractivity (Wildman–Crippen MR) is 73.6 cm³/mol. The van der Waals surface area contributed by atoms with Crippen LogP contribution < -0.4 is 11.1 Å². The summed E-state index contributed by atoms with van der Waals surface area (Å²) in [5, 5.41) is 3.70. The molecule has 3 N–H and O–H groups in total. The fourth-order valence-electron chi connectivity index (χ4n) is 1.62. The second kappa shape index (κ2) is 6.33. The summed E-state index contributed by atoms with van der Waals surface area (Å²) in [6.07, 6.45) is 3.95. The summed E-state index contributed by atoms with van der Waals surface area (Å²) in [5.41, 5.74) is 7.93. The van der Waals surface area contributed by atoms with Gasteiger partial charge in [-0.2, -0.15) is 0 Å². The van der Waals surface area contributed by atoms with Crippen molar-refractivity contribution in [3.05, 3.63) is 52.9 Å². The standard InChI is InChI=1S/C13H15ClN4/c14-12-8-16-9-18-13(12)17-7-11-3-1-10(2-4-11)5-6-15/h1-4,8-9H,5-7,15H2,(H,16,17,18). The number of rotatable bonds is 5. The van der Waals surface area contributed by atoms with Gasteiger partial charge >= 0.3 is 0 Å². The van der Waals surface area contributed by atoms with Gasteiger partial charge in [0.25, 0.3) is 0 Å². The average molecular weight is 263 g/mol. The van der Waals surface area contributed by atoms with Crippen molar-refractivity contribution in [3.8, 4) is 0 Å². The molecule has 1 aromatic heterocycles. The first kappa shape index (κ1) is 12.8. The van der Waals surface area contributed by atoms with Crippen LogP contribution in [0, 0.1) is 0 Å². The number of halogens is 1. The van der Waals surface area contributed by atoms with E-state index in [1.54, 1.807) is 6.20 Å². The van der Waals surface area contributed by atoms with Crippen molar-refractivity contribution in [2.75, 3.05) is 11.9 Å². The Balaban J connectivity index is 1.96. The molecule has 0 saturated heterocycles. The number of nitrogens with one attached hydrogen (secondary N) is 1. The summed E-state index contributed by atoms with van der Waals surface area (Å²) in [6, 6.07) is 8.33. The van der Waals surface area contributed by atoms with Crippen molar-refractivity contribution in [3.63, 3.8) is 0 Å². The molecule has 0 bridgehead atoms. The van der Waals surface area contributed by atoms with Crippen molar-refractivity contribution < 1.29 is 0 Å². The minimum atomic E-state index is 0.525. The number of hydrogen-bond acceptors (Lipinski definition) is 4. The first-order chi connectivity index (χ1) is 8.79. The van der Waals surface area contributed by atoms with Crippen LogP contribution >= 0.6 is 11.6 Å². The number of anilines is 1. The topological polar surface area (TPSA) is 63.8 Å². The van der Waals surface area contributed by atoms with Crippen LogP contribution in [0.25, 0.3) is 0 Å². The molecule has 2 rings (SSSR count). The highest BCUT2D eigenvalue weighted by Gasteiger charge is 2.00. The highest BCUT2D eigenvalue weighted by Crippen LogP contribution is 2.17. The first-order valence-corrected chi connectivity index (χ1v) is 6.14. The molecule has 0 atom stereocenters. The van der Waals surface area contributed by atoms with E-state index in [0.29, 0.717) is 23.9 Å². The van der Waals surface area contributed by atoms with Crippen LogP contribution in [-0.2, 0) is 13.0 Å². The van der Waals surface area contributed by atoms with Gasteiger partial charge in [0.2, 0.25) is 0 Å². The summed E-state index contributed by atoms with van der Waals surface area (Å²) in [4.78, 5) is 7.91. The zero-order valence-electron chi connectivity index (χ0n) is 9.94. The van der Waals surface area contributed by atoms with Gasteiger partial charge in [-0.15, -0.1) is 0 Å². The molecule has 0 aliphatic rings. The number of nitrogens with zero attached hydrogens (tertiary/aromatic N) is 2. The summed E-state index contributed by atoms with van der Waals surface area (Å²) in [5.74, 6) is 0.651. The Morgan fingerprint density at radius 3 is 2.56 bits per heavy atom. The second-order valence-electron chi connectivity index (χ2n) is 3.93. The van der Waals surface area contributed by atoms with Crippen molar-refractivity contribution in [1.82, 2.24) is 9.97 Å². The SMILES string of the molecule is NCCc1ccc(CNc2ncncc2Cl)cc1. The summed E-state index contributed by atoms with van der Waals surface area (Å²) in [6.45, 7) is 1.35. The maximum atomic E-state index is 5.96. The van der Waals surface area contributed by atoms with Crippen LogP contribution in [0.1, 0.15) is 11.1 Å². The second-order valence-corrected chi connectivity index (χ2v) is 4.34. The fraction of sp³-hybridized carbons (Fsp3) is 0.231. The highest BCUT2D eigenvalue weighted by atomic mass is 35.5. The molecule has 0 amide bonds. The van der Waals surface area contributed by atoms with E-state index in [2.05, 4.69) is 39.6 Å². The van der Waals surface area contributed by atoms with Gasteiger partial charge in [-0.1, -0.05) is 35.9 Å². The van der Waals surface area contributed by atoms with E-state index >= 15 is 0 Å². The van der Waals surface area contributed by atoms with Crippen molar-refractivity contribution in [1.29, 1.82) is 0 Å². The lowest BCUT2D eigenvalue weighted by atomic mass is 10.1. The highest BCUT2D eigenvalue weighted by molar-refractivity contribution is 6.32. The van der Waals surface area contributed by atoms with Gasteiger partial charge in [-0.25, -0.2) is 9.97 Å². The summed E-state index contributed by atoms with van der Waals surface area (Å²) >= 11 is 5.96. The number of hydrogen-bond donors (Lipinski definition) is 2. The smallest absolute Gasteiger partial charge is 0.148 e. The minimum absolute atomic E-state index is 0.525. The van der Waals surface area contributed by atoms with Crippen molar-refractivity contribution in [2.24, 2.45) is 5.73 Å². The molecule has 18 heavy (non-hydrogen) atoms. The van der Waals surface area contributed by atoms with Gasteiger partial charge in [0, 0.05) is 6.54 Å². The molecule has 4 nitrogen and oxygen atoms in total. The Morgan fingerprint density at radius 2 is 1.89 bits per heavy atom. The fourth-order valence-corrected chi connectivity index (χ4v) is 1.79. The van der Waals surface area contributed by atoms with E-state index in [1.165, 1.54) is 17.5 Å². The normalized spacial score (nSPS) is 10.3. The van der Waals surface area contributed by atoms with Gasteiger partial charge in [-0.3, -0.25) is 0 Å². The molecule has 2 aromatic rings. The lowest BCUT2D eigenvalue weighted by molar-refractivity contribution is 0.965. The average Bonchev–Trinajstić information content (AvgIpc) is 2.40. The molecular weight excluding hydrogens is 248 g/mol. The molecule has 0 aliphatic carbocycles. The maximum absolute atomic E-state index is 5.96. The van der Waals surface area contributed by atoms with E-state index in [0.717, 1.165) is 6.42 Å². The van der Waals surface area contributed by atoms with Gasteiger partial charge in [-0.05, 0) is 24.1 Å². The van der Waals surface area contributed by atoms with E-state index in [-0.39, 0.29) is 0 Å². The third-order valence-electron chi connectivity index (χ3n) is 2.58. The van der Waals surface area contributed by atoms with Crippen LogP contribution in [-0.4, -0.2) is 16.5 Å². The molecule has 94 valence electrons. The number of benzene rings is 1. The molecule has 0 spiro atoms. The third-order valence-corrected chi connectivity index (χ3v) is 2.86. The molecular formula is C13H15ClN4. The first-order valence-electron chi connectivity index (χ1n) is 5.77. The number of nitrogens with two attached hydrogens (primary N) is 1. The monoisotopic (exact) mass is 262 g/mol. The number of aromatic nitrogens is 2. The van der Waals surface area contributed by atoms with Crippen LogP contribution in [0.3, 0.4) is 0 Å². The lowest BCUT2D eigenvalue weighted by Crippen LogP contribution is -2.04. The minimum Gasteiger partial charge on any atom is -0.365 e. The van der Waals surface area contributed by atoms with Crippen LogP contribution in [0.5, 0.6) is 0 Å². The van der Waals surface area contributed by atoms with Crippen LogP contribution in [0.2, 0.25) is 5.02 Å². The van der Waals surface area contributed by atoms with Crippen molar-refractivity contribution >= 4 is 17.4 Å². The van der Waals surface area contributed by atoms with Gasteiger partial charge < -0.3 is 11.1 Å². The molecule has 1 aromatic carbocycles. The van der Waals surface area contributed by atoms with Gasteiger partial charge in [0.15, 0.2) is 0 Å². The third kappa shape index (κ3) is 3.42. The molecule has 1 heterocycles. The molecule has 0 saturated carbocycles. The summed E-state index contributed by atoms with van der Waals surface area (Å²) in [7, 11) is 0. The maximum Gasteiger partial charge on any atom is 0.148 e. The van der Waals surface area contributed by atoms with Crippen LogP contribution in [0.15, 0.2) is 36.8 Å². The van der Waals surface area contributed by atoms with Crippen molar-refractivity contribution in [2.45, 2.75) is 13.0 Å². The molecule has 0 fully saturated rings. The molecule has 0 radical (unpaired) electrons. The van der Waals surface area contributed by atoms with Gasteiger partial charge in [0.05, 0.1) is 6.20 Å². The van der Waals surface area contributed by atoms with Gasteiger partial charge in [0.1, 0.15) is 17.2 Å². The Hall–Kier alpha value is -1.65. The largest absolute Gasteiger partial charge is 0.365 e. The quantitative estimate of drug-likeness (QED) is 0.867. The zero-order valence-corrected chi connectivity index (χ0v) is 10.7. The molecule has 0 aliphatic heterocycles. The Kier molecular flexibility index (Phi) is 4.50. The van der Waals surface area contributed by atoms with E-state index in [1.807, 2.05) is 0 Å². The van der Waals surface area contributed by atoms with Crippen LogP contribution in [0.4, 0.5) is 5.82 Å². The summed E-state index contributed by atoms with van der Waals surface area (Å²) < 4.78 is 0. The Morgan fingerprint density at radius 1 is 1.17 bits per heavy atom. The van der Waals surface area contributed by atoms with E-state index < -0.39 is 0 Å².